The Morgan fingerprint density at radius 2 is 1.92 bits per heavy atom. The van der Waals surface area contributed by atoms with E-state index < -0.39 is 6.10 Å². The van der Waals surface area contributed by atoms with E-state index in [1.165, 1.54) is 0 Å². The fraction of sp³-hybridized carbons (Fsp3) is 0.545. The Kier molecular flexibility index (Phi) is 2.71. The van der Waals surface area contributed by atoms with Crippen LogP contribution in [0.3, 0.4) is 0 Å². The van der Waals surface area contributed by atoms with Gasteiger partial charge < -0.3 is 5.11 Å². The molecule has 2 nitrogen and oxygen atoms in total. The van der Waals surface area contributed by atoms with Crippen LogP contribution in [0.1, 0.15) is 38.3 Å². The summed E-state index contributed by atoms with van der Waals surface area (Å²) in [5.41, 5.74) is 1.55. The molecule has 1 atom stereocenters. The lowest BCUT2D eigenvalue weighted by Crippen LogP contribution is -2.19. The van der Waals surface area contributed by atoms with Crippen molar-refractivity contribution in [3.05, 3.63) is 29.6 Å². The molecule has 0 spiro atoms. The maximum Gasteiger partial charge on any atom is 0.101 e. The highest BCUT2D eigenvalue weighted by Gasteiger charge is 2.24. The third kappa shape index (κ3) is 2.52. The van der Waals surface area contributed by atoms with Gasteiger partial charge in [0.25, 0.3) is 0 Å². The molecule has 0 aliphatic rings. The summed E-state index contributed by atoms with van der Waals surface area (Å²) in [6, 6.07) is 5.72. The van der Waals surface area contributed by atoms with Gasteiger partial charge in [0.2, 0.25) is 0 Å². The lowest BCUT2D eigenvalue weighted by molar-refractivity contribution is 0.0588. The van der Waals surface area contributed by atoms with E-state index in [1.54, 1.807) is 0 Å². The van der Waals surface area contributed by atoms with Crippen molar-refractivity contribution in [1.82, 2.24) is 4.98 Å². The largest absolute Gasteiger partial charge is 0.386 e. The zero-order valence-corrected chi connectivity index (χ0v) is 8.70. The summed E-state index contributed by atoms with van der Waals surface area (Å²) in [7, 11) is 0. The van der Waals surface area contributed by atoms with Crippen LogP contribution in [0.5, 0.6) is 0 Å². The van der Waals surface area contributed by atoms with Crippen molar-refractivity contribution in [1.29, 1.82) is 0 Å². The molecule has 1 N–H and O–H groups in total. The molecule has 2 heteroatoms. The Bertz CT molecular complexity index is 288. The Balaban J connectivity index is 2.96. The van der Waals surface area contributed by atoms with Crippen molar-refractivity contribution in [2.24, 2.45) is 5.41 Å². The summed E-state index contributed by atoms with van der Waals surface area (Å²) in [5.74, 6) is 0. The van der Waals surface area contributed by atoms with E-state index >= 15 is 0 Å². The van der Waals surface area contributed by atoms with E-state index in [4.69, 9.17) is 0 Å². The molecule has 1 aromatic heterocycles. The Morgan fingerprint density at radius 1 is 1.31 bits per heavy atom. The summed E-state index contributed by atoms with van der Waals surface area (Å²) in [5, 5.41) is 9.92. The molecule has 1 heterocycles. The molecule has 0 unspecified atom stereocenters. The van der Waals surface area contributed by atoms with Gasteiger partial charge in [0.05, 0.1) is 5.69 Å². The minimum absolute atomic E-state index is 0.152. The molecule has 1 aromatic rings. The molecule has 0 aliphatic carbocycles. The number of rotatable bonds is 1. The second-order valence-electron chi connectivity index (χ2n) is 4.47. The first-order valence-corrected chi connectivity index (χ1v) is 4.53. The highest BCUT2D eigenvalue weighted by molar-refractivity contribution is 5.13. The fourth-order valence-electron chi connectivity index (χ4n) is 1.16. The Labute approximate surface area is 79.6 Å². The third-order valence-electron chi connectivity index (χ3n) is 2.01. The average molecular weight is 179 g/mol. The number of aliphatic hydroxyl groups excluding tert-OH is 1. The molecular formula is C11H17NO. The molecule has 0 fully saturated rings. The number of aromatic nitrogens is 1. The van der Waals surface area contributed by atoms with Gasteiger partial charge in [0.1, 0.15) is 6.10 Å². The molecule has 13 heavy (non-hydrogen) atoms. The van der Waals surface area contributed by atoms with Gasteiger partial charge in [-0.05, 0) is 24.5 Å². The SMILES string of the molecule is Cc1cccc([C@@H](O)C(C)(C)C)n1. The second-order valence-corrected chi connectivity index (χ2v) is 4.47. The molecule has 0 radical (unpaired) electrons. The van der Waals surface area contributed by atoms with E-state index in [0.29, 0.717) is 0 Å². The molecule has 1 rings (SSSR count). The molecule has 0 bridgehead atoms. The second kappa shape index (κ2) is 3.46. The summed E-state index contributed by atoms with van der Waals surface area (Å²) in [6.07, 6.45) is -0.493. The Morgan fingerprint density at radius 3 is 2.38 bits per heavy atom. The third-order valence-corrected chi connectivity index (χ3v) is 2.01. The van der Waals surface area contributed by atoms with Crippen molar-refractivity contribution in [2.75, 3.05) is 0 Å². The number of hydrogen-bond acceptors (Lipinski definition) is 2. The number of aliphatic hydroxyl groups is 1. The van der Waals surface area contributed by atoms with Crippen LogP contribution in [0.15, 0.2) is 18.2 Å². The van der Waals surface area contributed by atoms with E-state index in [9.17, 15) is 5.11 Å². The standard InChI is InChI=1S/C11H17NO/c1-8-6-5-7-9(12-8)10(13)11(2,3)4/h5-7,10,13H,1-4H3/t10-/m1/s1. The minimum Gasteiger partial charge on any atom is -0.386 e. The maximum absolute atomic E-state index is 9.92. The number of nitrogens with zero attached hydrogens (tertiary/aromatic N) is 1. The van der Waals surface area contributed by atoms with Crippen LogP contribution in [0.4, 0.5) is 0 Å². The monoisotopic (exact) mass is 179 g/mol. The average Bonchev–Trinajstić information content (AvgIpc) is 2.01. The molecule has 0 aliphatic heterocycles. The smallest absolute Gasteiger partial charge is 0.101 e. The van der Waals surface area contributed by atoms with Gasteiger partial charge in [-0.3, -0.25) is 4.98 Å². The molecule has 0 saturated carbocycles. The van der Waals surface area contributed by atoms with E-state index in [1.807, 2.05) is 45.9 Å². The van der Waals surface area contributed by atoms with Crippen LogP contribution in [0.2, 0.25) is 0 Å². The predicted molar refractivity (Wildman–Crippen MR) is 53.4 cm³/mol. The van der Waals surface area contributed by atoms with Gasteiger partial charge in [0, 0.05) is 5.69 Å². The summed E-state index contributed by atoms with van der Waals surface area (Å²) in [4.78, 5) is 4.29. The highest BCUT2D eigenvalue weighted by Crippen LogP contribution is 2.31. The van der Waals surface area contributed by atoms with E-state index in [-0.39, 0.29) is 5.41 Å². The lowest BCUT2D eigenvalue weighted by Gasteiger charge is -2.25. The van der Waals surface area contributed by atoms with Gasteiger partial charge in [-0.2, -0.15) is 0 Å². The quantitative estimate of drug-likeness (QED) is 0.718. The first-order chi connectivity index (χ1) is 5.91. The molecule has 72 valence electrons. The van der Waals surface area contributed by atoms with Crippen LogP contribution in [0.25, 0.3) is 0 Å². The normalized spacial score (nSPS) is 14.2. The van der Waals surface area contributed by atoms with Gasteiger partial charge in [-0.15, -0.1) is 0 Å². The van der Waals surface area contributed by atoms with Crippen molar-refractivity contribution in [3.8, 4) is 0 Å². The van der Waals surface area contributed by atoms with Crippen molar-refractivity contribution in [2.45, 2.75) is 33.8 Å². The lowest BCUT2D eigenvalue weighted by atomic mass is 9.87. The van der Waals surface area contributed by atoms with Crippen LogP contribution < -0.4 is 0 Å². The van der Waals surface area contributed by atoms with Crippen LogP contribution in [-0.2, 0) is 0 Å². The van der Waals surface area contributed by atoms with Gasteiger partial charge in [-0.1, -0.05) is 26.8 Å². The molecule has 0 aromatic carbocycles. The van der Waals surface area contributed by atoms with Gasteiger partial charge in [0.15, 0.2) is 0 Å². The highest BCUT2D eigenvalue weighted by atomic mass is 16.3. The van der Waals surface area contributed by atoms with Crippen molar-refractivity contribution < 1.29 is 5.11 Å². The summed E-state index contributed by atoms with van der Waals surface area (Å²) < 4.78 is 0. The van der Waals surface area contributed by atoms with Crippen LogP contribution >= 0.6 is 0 Å². The fourth-order valence-corrected chi connectivity index (χ4v) is 1.16. The zero-order valence-electron chi connectivity index (χ0n) is 8.70. The summed E-state index contributed by atoms with van der Waals surface area (Å²) >= 11 is 0. The maximum atomic E-state index is 9.92. The molecule has 0 saturated heterocycles. The van der Waals surface area contributed by atoms with Gasteiger partial charge >= 0.3 is 0 Å². The number of aryl methyl sites for hydroxylation is 1. The predicted octanol–water partition coefficient (Wildman–Crippen LogP) is 2.47. The van der Waals surface area contributed by atoms with Crippen molar-refractivity contribution in [3.63, 3.8) is 0 Å². The van der Waals surface area contributed by atoms with Crippen molar-refractivity contribution >= 4 is 0 Å². The Hall–Kier alpha value is -0.890. The first-order valence-electron chi connectivity index (χ1n) is 4.53. The van der Waals surface area contributed by atoms with Gasteiger partial charge in [-0.25, -0.2) is 0 Å². The van der Waals surface area contributed by atoms with Crippen LogP contribution in [0, 0.1) is 12.3 Å². The van der Waals surface area contributed by atoms with Crippen LogP contribution in [-0.4, -0.2) is 10.1 Å². The summed E-state index contributed by atoms with van der Waals surface area (Å²) in [6.45, 7) is 7.93. The minimum atomic E-state index is -0.493. The number of pyridine rings is 1. The first kappa shape index (κ1) is 10.2. The molecule has 0 amide bonds. The molecular weight excluding hydrogens is 162 g/mol. The number of hydrogen-bond donors (Lipinski definition) is 1. The zero-order chi connectivity index (χ0) is 10.1. The van der Waals surface area contributed by atoms with E-state index in [0.717, 1.165) is 11.4 Å². The topological polar surface area (TPSA) is 33.1 Å². The van der Waals surface area contributed by atoms with E-state index in [2.05, 4.69) is 4.98 Å².